The van der Waals surface area contributed by atoms with E-state index in [2.05, 4.69) is 17.5 Å². The third kappa shape index (κ3) is 1.45. The van der Waals surface area contributed by atoms with Crippen LogP contribution < -0.4 is 5.32 Å². The van der Waals surface area contributed by atoms with Crippen LogP contribution in [0.15, 0.2) is 12.2 Å². The first-order chi connectivity index (χ1) is 4.88. The average molecular weight is 139 g/mol. The van der Waals surface area contributed by atoms with Crippen LogP contribution in [0.1, 0.15) is 6.42 Å². The van der Waals surface area contributed by atoms with E-state index in [1.54, 1.807) is 0 Å². The molecule has 0 heterocycles. The minimum Gasteiger partial charge on any atom is -0.319 e. The van der Waals surface area contributed by atoms with Crippen LogP contribution in [0.2, 0.25) is 0 Å². The molecule has 0 unspecified atom stereocenters. The highest BCUT2D eigenvalue weighted by Crippen LogP contribution is 2.21. The second-order valence-electron chi connectivity index (χ2n) is 2.69. The van der Waals surface area contributed by atoms with E-state index in [1.807, 2.05) is 7.05 Å². The number of hydrogen-bond donors (Lipinski definition) is 1. The molecule has 0 saturated heterocycles. The first-order valence-corrected chi connectivity index (χ1v) is 3.65. The summed E-state index contributed by atoms with van der Waals surface area (Å²) in [5.74, 6) is 0.662. The van der Waals surface area contributed by atoms with Gasteiger partial charge in [-0.05, 0) is 19.4 Å². The van der Waals surface area contributed by atoms with Crippen molar-refractivity contribution in [2.75, 3.05) is 13.6 Å². The van der Waals surface area contributed by atoms with Gasteiger partial charge in [0.15, 0.2) is 0 Å². The molecule has 10 heavy (non-hydrogen) atoms. The van der Waals surface area contributed by atoms with Gasteiger partial charge in [0, 0.05) is 12.5 Å². The highest BCUT2D eigenvalue weighted by molar-refractivity contribution is 5.56. The van der Waals surface area contributed by atoms with Gasteiger partial charge < -0.3 is 10.1 Å². The molecule has 0 amide bonds. The molecule has 0 bridgehead atoms. The predicted octanol–water partition coefficient (Wildman–Crippen LogP) is 0.597. The Morgan fingerprint density at radius 1 is 1.80 bits per heavy atom. The second-order valence-corrected chi connectivity index (χ2v) is 2.69. The Hall–Kier alpha value is -0.630. The maximum atomic E-state index is 10.4. The van der Waals surface area contributed by atoms with Crippen molar-refractivity contribution >= 4 is 6.29 Å². The highest BCUT2D eigenvalue weighted by atomic mass is 16.1. The Morgan fingerprint density at radius 3 is 3.20 bits per heavy atom. The van der Waals surface area contributed by atoms with E-state index in [0.29, 0.717) is 5.92 Å². The van der Waals surface area contributed by atoms with Crippen molar-refractivity contribution in [1.29, 1.82) is 0 Å². The lowest BCUT2D eigenvalue weighted by Crippen LogP contribution is -2.22. The number of hydrogen-bond acceptors (Lipinski definition) is 2. The SMILES string of the molecule is CNC[C@H]1C=CC[C@@H]1C=O. The van der Waals surface area contributed by atoms with Gasteiger partial charge in [-0.2, -0.15) is 0 Å². The number of nitrogens with one attached hydrogen (secondary N) is 1. The average Bonchev–Trinajstić information content (AvgIpc) is 2.36. The minimum atomic E-state index is 0.229. The van der Waals surface area contributed by atoms with Gasteiger partial charge >= 0.3 is 0 Å². The fourth-order valence-electron chi connectivity index (χ4n) is 1.34. The van der Waals surface area contributed by atoms with Crippen LogP contribution in [0.4, 0.5) is 0 Å². The van der Waals surface area contributed by atoms with Crippen LogP contribution in [0.3, 0.4) is 0 Å². The summed E-state index contributed by atoms with van der Waals surface area (Å²) < 4.78 is 0. The summed E-state index contributed by atoms with van der Waals surface area (Å²) in [6, 6.07) is 0. The van der Waals surface area contributed by atoms with Crippen molar-refractivity contribution in [2.24, 2.45) is 11.8 Å². The molecule has 2 nitrogen and oxygen atoms in total. The molecule has 56 valence electrons. The molecule has 1 rings (SSSR count). The third-order valence-corrected chi connectivity index (χ3v) is 1.96. The summed E-state index contributed by atoms with van der Waals surface area (Å²) in [6.07, 6.45) is 6.19. The fraction of sp³-hybridized carbons (Fsp3) is 0.625. The zero-order valence-corrected chi connectivity index (χ0v) is 6.21. The smallest absolute Gasteiger partial charge is 0.124 e. The van der Waals surface area contributed by atoms with Crippen molar-refractivity contribution in [3.8, 4) is 0 Å². The van der Waals surface area contributed by atoms with Crippen molar-refractivity contribution in [1.82, 2.24) is 5.32 Å². The molecule has 0 aromatic heterocycles. The lowest BCUT2D eigenvalue weighted by atomic mass is 9.97. The Kier molecular flexibility index (Phi) is 2.63. The van der Waals surface area contributed by atoms with Gasteiger partial charge in [-0.1, -0.05) is 12.2 Å². The minimum absolute atomic E-state index is 0.229. The van der Waals surface area contributed by atoms with E-state index < -0.39 is 0 Å². The van der Waals surface area contributed by atoms with E-state index in [4.69, 9.17) is 0 Å². The summed E-state index contributed by atoms with van der Waals surface area (Å²) in [6.45, 7) is 0.917. The van der Waals surface area contributed by atoms with Gasteiger partial charge in [-0.15, -0.1) is 0 Å². The van der Waals surface area contributed by atoms with Gasteiger partial charge in [0.2, 0.25) is 0 Å². The summed E-state index contributed by atoms with van der Waals surface area (Å²) in [5, 5.41) is 3.06. The third-order valence-electron chi connectivity index (χ3n) is 1.96. The molecule has 0 aromatic rings. The molecule has 0 spiro atoms. The van der Waals surface area contributed by atoms with E-state index in [-0.39, 0.29) is 5.92 Å². The summed E-state index contributed by atoms with van der Waals surface area (Å²) in [7, 11) is 1.91. The van der Waals surface area contributed by atoms with Crippen molar-refractivity contribution < 1.29 is 4.79 Å². The van der Waals surface area contributed by atoms with E-state index in [9.17, 15) is 4.79 Å². The lowest BCUT2D eigenvalue weighted by molar-refractivity contribution is -0.111. The maximum absolute atomic E-state index is 10.4. The number of rotatable bonds is 3. The molecule has 1 N–H and O–H groups in total. The predicted molar refractivity (Wildman–Crippen MR) is 40.7 cm³/mol. The number of carbonyl (C=O) groups is 1. The second kappa shape index (κ2) is 3.52. The van der Waals surface area contributed by atoms with Crippen LogP contribution >= 0.6 is 0 Å². The van der Waals surface area contributed by atoms with E-state index in [1.165, 1.54) is 0 Å². The van der Waals surface area contributed by atoms with Crippen LogP contribution in [-0.2, 0) is 4.79 Å². The van der Waals surface area contributed by atoms with Gasteiger partial charge in [0.25, 0.3) is 0 Å². The number of aldehydes is 1. The molecule has 0 saturated carbocycles. The Morgan fingerprint density at radius 2 is 2.60 bits per heavy atom. The first-order valence-electron chi connectivity index (χ1n) is 3.65. The highest BCUT2D eigenvalue weighted by Gasteiger charge is 2.20. The van der Waals surface area contributed by atoms with Crippen molar-refractivity contribution in [3.63, 3.8) is 0 Å². The van der Waals surface area contributed by atoms with Gasteiger partial charge in [-0.25, -0.2) is 0 Å². The molecule has 2 heteroatoms. The summed E-state index contributed by atoms with van der Waals surface area (Å²) in [5.41, 5.74) is 0. The van der Waals surface area contributed by atoms with E-state index >= 15 is 0 Å². The molecular formula is C8H13NO. The first kappa shape index (κ1) is 7.48. The molecule has 0 aromatic carbocycles. The molecular weight excluding hydrogens is 126 g/mol. The summed E-state index contributed by atoms with van der Waals surface area (Å²) in [4.78, 5) is 10.4. The van der Waals surface area contributed by atoms with E-state index in [0.717, 1.165) is 19.3 Å². The standard InChI is InChI=1S/C8H13NO/c1-9-5-7-3-2-4-8(7)6-10/h2-3,6-9H,4-5H2,1H3/t7-,8-/m1/s1. The normalized spacial score (nSPS) is 30.9. The fourth-order valence-corrected chi connectivity index (χ4v) is 1.34. The van der Waals surface area contributed by atoms with Crippen LogP contribution in [0.5, 0.6) is 0 Å². The Balaban J connectivity index is 2.40. The van der Waals surface area contributed by atoms with Crippen LogP contribution in [0, 0.1) is 11.8 Å². The van der Waals surface area contributed by atoms with Gasteiger partial charge in [0.05, 0.1) is 0 Å². The van der Waals surface area contributed by atoms with Crippen molar-refractivity contribution in [3.05, 3.63) is 12.2 Å². The Labute approximate surface area is 61.3 Å². The molecule has 1 aliphatic rings. The molecule has 2 atom stereocenters. The Bertz CT molecular complexity index is 142. The number of allylic oxidation sites excluding steroid dienone is 1. The van der Waals surface area contributed by atoms with Crippen molar-refractivity contribution in [2.45, 2.75) is 6.42 Å². The molecule has 1 aliphatic carbocycles. The monoisotopic (exact) mass is 139 g/mol. The van der Waals surface area contributed by atoms with Crippen LogP contribution in [-0.4, -0.2) is 19.9 Å². The van der Waals surface area contributed by atoms with Gasteiger partial charge in [-0.3, -0.25) is 0 Å². The zero-order chi connectivity index (χ0) is 7.40. The zero-order valence-electron chi connectivity index (χ0n) is 6.21. The maximum Gasteiger partial charge on any atom is 0.124 e. The lowest BCUT2D eigenvalue weighted by Gasteiger charge is -2.11. The largest absolute Gasteiger partial charge is 0.319 e. The molecule has 0 fully saturated rings. The topological polar surface area (TPSA) is 29.1 Å². The molecule has 0 radical (unpaired) electrons. The summed E-state index contributed by atoms with van der Waals surface area (Å²) >= 11 is 0. The molecule has 0 aliphatic heterocycles. The quantitative estimate of drug-likeness (QED) is 0.458. The van der Waals surface area contributed by atoms with Crippen LogP contribution in [0.25, 0.3) is 0 Å². The number of carbonyl (C=O) groups excluding carboxylic acids is 1. The van der Waals surface area contributed by atoms with Gasteiger partial charge in [0.1, 0.15) is 6.29 Å².